The second-order valence-corrected chi connectivity index (χ2v) is 6.79. The Kier molecular flexibility index (Phi) is 4.02. The fourth-order valence-corrected chi connectivity index (χ4v) is 4.34. The van der Waals surface area contributed by atoms with Crippen LogP contribution >= 0.6 is 11.3 Å². The molecular formula is C15H24N2S. The van der Waals surface area contributed by atoms with Crippen LogP contribution in [0.15, 0.2) is 17.5 Å². The predicted molar refractivity (Wildman–Crippen MR) is 78.0 cm³/mol. The zero-order chi connectivity index (χ0) is 12.4. The number of thiophene rings is 1. The minimum Gasteiger partial charge on any atom is -0.314 e. The van der Waals surface area contributed by atoms with Gasteiger partial charge in [0.05, 0.1) is 0 Å². The van der Waals surface area contributed by atoms with E-state index in [0.717, 1.165) is 18.1 Å². The highest BCUT2D eigenvalue weighted by atomic mass is 32.1. The summed E-state index contributed by atoms with van der Waals surface area (Å²) in [6.45, 7) is 4.63. The van der Waals surface area contributed by atoms with Crippen molar-refractivity contribution in [3.63, 3.8) is 0 Å². The van der Waals surface area contributed by atoms with E-state index in [0.29, 0.717) is 0 Å². The van der Waals surface area contributed by atoms with Crippen molar-refractivity contribution >= 4 is 11.3 Å². The standard InChI is InChI=1S/C15H24N2S/c1-2-7-16-12-9-13-5-6-14(10-12)17(13)11-15-4-3-8-18-15/h3-4,8,12-14,16H,2,5-7,9-11H2,1H3. The van der Waals surface area contributed by atoms with Crippen LogP contribution in [0, 0.1) is 0 Å². The Labute approximate surface area is 114 Å². The molecule has 2 saturated heterocycles. The number of nitrogens with one attached hydrogen (secondary N) is 1. The summed E-state index contributed by atoms with van der Waals surface area (Å²) in [7, 11) is 0. The first-order valence-electron chi connectivity index (χ1n) is 7.38. The molecule has 2 atom stereocenters. The van der Waals surface area contributed by atoms with Crippen molar-refractivity contribution < 1.29 is 0 Å². The largest absolute Gasteiger partial charge is 0.314 e. The number of rotatable bonds is 5. The summed E-state index contributed by atoms with van der Waals surface area (Å²) in [5.74, 6) is 0. The SMILES string of the molecule is CCCNC1CC2CCC(C1)N2Cc1cccs1. The van der Waals surface area contributed by atoms with Gasteiger partial charge in [-0.15, -0.1) is 11.3 Å². The Morgan fingerprint density at radius 2 is 2.11 bits per heavy atom. The highest BCUT2D eigenvalue weighted by molar-refractivity contribution is 7.09. The summed E-state index contributed by atoms with van der Waals surface area (Å²) in [6, 6.07) is 6.91. The molecule has 2 unspecified atom stereocenters. The normalized spacial score (nSPS) is 31.9. The van der Waals surface area contributed by atoms with Gasteiger partial charge in [-0.1, -0.05) is 13.0 Å². The van der Waals surface area contributed by atoms with Crippen LogP contribution in [0.4, 0.5) is 0 Å². The van der Waals surface area contributed by atoms with E-state index in [9.17, 15) is 0 Å². The summed E-state index contributed by atoms with van der Waals surface area (Å²) in [4.78, 5) is 4.31. The van der Waals surface area contributed by atoms with Gasteiger partial charge in [-0.25, -0.2) is 0 Å². The molecule has 100 valence electrons. The second-order valence-electron chi connectivity index (χ2n) is 5.76. The Bertz CT molecular complexity index is 349. The average molecular weight is 264 g/mol. The van der Waals surface area contributed by atoms with E-state index in [2.05, 4.69) is 34.7 Å². The molecule has 0 spiro atoms. The molecule has 0 saturated carbocycles. The topological polar surface area (TPSA) is 15.3 Å². The molecule has 2 nitrogen and oxygen atoms in total. The zero-order valence-corrected chi connectivity index (χ0v) is 12.1. The maximum absolute atomic E-state index is 3.73. The van der Waals surface area contributed by atoms with Crippen molar-refractivity contribution in [2.24, 2.45) is 0 Å². The number of piperidine rings is 1. The van der Waals surface area contributed by atoms with Crippen molar-refractivity contribution in [1.29, 1.82) is 0 Å². The number of hydrogen-bond acceptors (Lipinski definition) is 3. The number of fused-ring (bicyclic) bond motifs is 2. The molecule has 1 aromatic heterocycles. The van der Waals surface area contributed by atoms with Gasteiger partial charge in [0.15, 0.2) is 0 Å². The summed E-state index contributed by atoms with van der Waals surface area (Å²) in [6.07, 6.45) is 6.81. The molecule has 0 aromatic carbocycles. The van der Waals surface area contributed by atoms with Gasteiger partial charge < -0.3 is 5.32 Å². The molecule has 2 aliphatic heterocycles. The molecule has 2 fully saturated rings. The Balaban J connectivity index is 1.59. The van der Waals surface area contributed by atoms with Crippen LogP contribution < -0.4 is 5.32 Å². The Morgan fingerprint density at radius 3 is 2.72 bits per heavy atom. The molecule has 3 rings (SSSR count). The van der Waals surface area contributed by atoms with E-state index in [-0.39, 0.29) is 0 Å². The molecule has 3 heterocycles. The van der Waals surface area contributed by atoms with E-state index in [1.807, 2.05) is 11.3 Å². The van der Waals surface area contributed by atoms with Gasteiger partial charge >= 0.3 is 0 Å². The smallest absolute Gasteiger partial charge is 0.0333 e. The molecule has 0 aliphatic carbocycles. The lowest BCUT2D eigenvalue weighted by Crippen LogP contribution is -2.48. The molecule has 0 radical (unpaired) electrons. The third kappa shape index (κ3) is 2.63. The van der Waals surface area contributed by atoms with Crippen LogP contribution in [-0.4, -0.2) is 29.6 Å². The fraction of sp³-hybridized carbons (Fsp3) is 0.733. The van der Waals surface area contributed by atoms with Crippen molar-refractivity contribution in [2.75, 3.05) is 6.54 Å². The summed E-state index contributed by atoms with van der Waals surface area (Å²) in [5, 5.41) is 5.93. The molecule has 2 aliphatic rings. The third-order valence-electron chi connectivity index (χ3n) is 4.49. The lowest BCUT2D eigenvalue weighted by atomic mass is 9.97. The van der Waals surface area contributed by atoms with E-state index in [1.165, 1.54) is 50.1 Å². The van der Waals surface area contributed by atoms with Crippen molar-refractivity contribution in [2.45, 2.75) is 63.7 Å². The number of nitrogens with zero attached hydrogens (tertiary/aromatic N) is 1. The summed E-state index contributed by atoms with van der Waals surface area (Å²) < 4.78 is 0. The Hall–Kier alpha value is -0.380. The maximum atomic E-state index is 3.73. The van der Waals surface area contributed by atoms with E-state index in [1.54, 1.807) is 0 Å². The van der Waals surface area contributed by atoms with Crippen LogP contribution in [-0.2, 0) is 6.54 Å². The van der Waals surface area contributed by atoms with Gasteiger partial charge in [0.2, 0.25) is 0 Å². The van der Waals surface area contributed by atoms with E-state index < -0.39 is 0 Å². The second kappa shape index (κ2) is 5.72. The maximum Gasteiger partial charge on any atom is 0.0333 e. The summed E-state index contributed by atoms with van der Waals surface area (Å²) >= 11 is 1.91. The minimum atomic E-state index is 0.780. The Morgan fingerprint density at radius 1 is 1.33 bits per heavy atom. The number of hydrogen-bond donors (Lipinski definition) is 1. The molecular weight excluding hydrogens is 240 g/mol. The minimum absolute atomic E-state index is 0.780. The van der Waals surface area contributed by atoms with Crippen LogP contribution in [0.25, 0.3) is 0 Å². The van der Waals surface area contributed by atoms with Crippen LogP contribution in [0.5, 0.6) is 0 Å². The molecule has 1 aromatic rings. The fourth-order valence-electron chi connectivity index (χ4n) is 3.63. The van der Waals surface area contributed by atoms with Gasteiger partial charge in [0, 0.05) is 29.5 Å². The molecule has 0 amide bonds. The van der Waals surface area contributed by atoms with Crippen molar-refractivity contribution in [3.8, 4) is 0 Å². The predicted octanol–water partition coefficient (Wildman–Crippen LogP) is 3.24. The highest BCUT2D eigenvalue weighted by Crippen LogP contribution is 2.37. The van der Waals surface area contributed by atoms with Gasteiger partial charge in [-0.2, -0.15) is 0 Å². The average Bonchev–Trinajstić information content (AvgIpc) is 2.95. The molecule has 18 heavy (non-hydrogen) atoms. The molecule has 3 heteroatoms. The quantitative estimate of drug-likeness (QED) is 0.878. The molecule has 2 bridgehead atoms. The first-order valence-corrected chi connectivity index (χ1v) is 8.26. The first kappa shape index (κ1) is 12.6. The van der Waals surface area contributed by atoms with Crippen LogP contribution in [0.1, 0.15) is 43.9 Å². The third-order valence-corrected chi connectivity index (χ3v) is 5.35. The van der Waals surface area contributed by atoms with Crippen molar-refractivity contribution in [1.82, 2.24) is 10.2 Å². The first-order chi connectivity index (χ1) is 8.86. The lowest BCUT2D eigenvalue weighted by molar-refractivity contribution is 0.110. The summed E-state index contributed by atoms with van der Waals surface area (Å²) in [5.41, 5.74) is 0. The monoisotopic (exact) mass is 264 g/mol. The van der Waals surface area contributed by atoms with Gasteiger partial charge in [-0.3, -0.25) is 4.90 Å². The van der Waals surface area contributed by atoms with Crippen molar-refractivity contribution in [3.05, 3.63) is 22.4 Å². The highest BCUT2D eigenvalue weighted by Gasteiger charge is 2.40. The van der Waals surface area contributed by atoms with Crippen LogP contribution in [0.2, 0.25) is 0 Å². The zero-order valence-electron chi connectivity index (χ0n) is 11.3. The van der Waals surface area contributed by atoms with Gasteiger partial charge in [-0.05, 0) is 50.1 Å². The van der Waals surface area contributed by atoms with Gasteiger partial charge in [0.25, 0.3) is 0 Å². The van der Waals surface area contributed by atoms with E-state index >= 15 is 0 Å². The van der Waals surface area contributed by atoms with Crippen LogP contribution in [0.3, 0.4) is 0 Å². The lowest BCUT2D eigenvalue weighted by Gasteiger charge is -2.39. The van der Waals surface area contributed by atoms with Gasteiger partial charge in [0.1, 0.15) is 0 Å². The molecule has 1 N–H and O–H groups in total. The van der Waals surface area contributed by atoms with E-state index in [4.69, 9.17) is 0 Å².